The number of hydrogen-bond acceptors (Lipinski definition) is 2. The van der Waals surface area contributed by atoms with Gasteiger partial charge in [-0.05, 0) is 36.0 Å². The van der Waals surface area contributed by atoms with E-state index in [2.05, 4.69) is 19.2 Å². The van der Waals surface area contributed by atoms with E-state index >= 15 is 0 Å². The number of rotatable bonds is 3. The van der Waals surface area contributed by atoms with Gasteiger partial charge in [0.25, 0.3) is 0 Å². The van der Waals surface area contributed by atoms with Crippen molar-refractivity contribution >= 4 is 11.6 Å². The van der Waals surface area contributed by atoms with Crippen molar-refractivity contribution in [3.05, 3.63) is 28.8 Å². The zero-order valence-corrected chi connectivity index (χ0v) is 11.9. The van der Waals surface area contributed by atoms with Crippen LogP contribution in [0.5, 0.6) is 5.75 Å². The molecule has 1 fully saturated rings. The summed E-state index contributed by atoms with van der Waals surface area (Å²) in [6, 6.07) is 6.01. The van der Waals surface area contributed by atoms with Crippen LogP contribution in [0, 0.1) is 11.8 Å². The number of aromatic hydroxyl groups is 1. The number of phenols is 1. The average Bonchev–Trinajstić information content (AvgIpc) is 2.35. The first-order valence-electron chi connectivity index (χ1n) is 6.78. The van der Waals surface area contributed by atoms with Gasteiger partial charge in [0, 0.05) is 12.6 Å². The number of hydrogen-bond donors (Lipinski definition) is 2. The smallest absolute Gasteiger partial charge is 0.134 e. The second kappa shape index (κ2) is 5.94. The number of nitrogens with one attached hydrogen (secondary N) is 1. The molecule has 3 unspecified atom stereocenters. The predicted molar refractivity (Wildman–Crippen MR) is 75.9 cm³/mol. The average molecular weight is 268 g/mol. The van der Waals surface area contributed by atoms with Gasteiger partial charge < -0.3 is 10.4 Å². The molecule has 100 valence electrons. The van der Waals surface area contributed by atoms with Crippen LogP contribution >= 0.6 is 11.6 Å². The van der Waals surface area contributed by atoms with Crippen molar-refractivity contribution in [1.82, 2.24) is 5.32 Å². The summed E-state index contributed by atoms with van der Waals surface area (Å²) in [5.74, 6) is 1.69. The second-order valence-electron chi connectivity index (χ2n) is 5.54. The van der Waals surface area contributed by atoms with E-state index in [0.29, 0.717) is 11.1 Å². The molecular formula is C15H22ClNO. The molecule has 18 heavy (non-hydrogen) atoms. The van der Waals surface area contributed by atoms with E-state index in [9.17, 15) is 5.11 Å². The standard InChI is InChI=1S/C15H22ClNO/c1-10-4-3-5-14(11(10)2)17-9-12-6-7-15(18)13(16)8-12/h6-8,10-11,14,17-18H,3-5,9H2,1-2H3. The molecule has 0 radical (unpaired) electrons. The number of phenolic OH excluding ortho intramolecular Hbond substituents is 1. The van der Waals surface area contributed by atoms with Gasteiger partial charge >= 0.3 is 0 Å². The van der Waals surface area contributed by atoms with E-state index in [1.54, 1.807) is 6.07 Å². The Labute approximate surface area is 114 Å². The van der Waals surface area contributed by atoms with Crippen LogP contribution < -0.4 is 5.32 Å². The molecule has 2 rings (SSSR count). The van der Waals surface area contributed by atoms with E-state index in [1.807, 2.05) is 12.1 Å². The molecule has 1 aliphatic carbocycles. The van der Waals surface area contributed by atoms with Crippen LogP contribution in [0.3, 0.4) is 0 Å². The van der Waals surface area contributed by atoms with Crippen molar-refractivity contribution < 1.29 is 5.11 Å². The minimum atomic E-state index is 0.153. The quantitative estimate of drug-likeness (QED) is 0.869. The summed E-state index contributed by atoms with van der Waals surface area (Å²) in [6.07, 6.45) is 3.93. The highest BCUT2D eigenvalue weighted by Crippen LogP contribution is 2.30. The molecule has 3 heteroatoms. The topological polar surface area (TPSA) is 32.3 Å². The van der Waals surface area contributed by atoms with Crippen LogP contribution in [0.1, 0.15) is 38.7 Å². The minimum absolute atomic E-state index is 0.153. The molecule has 0 bridgehead atoms. The molecule has 2 N–H and O–H groups in total. The van der Waals surface area contributed by atoms with Crippen molar-refractivity contribution in [2.75, 3.05) is 0 Å². The van der Waals surface area contributed by atoms with Crippen molar-refractivity contribution in [2.45, 2.75) is 45.7 Å². The molecular weight excluding hydrogens is 246 g/mol. The second-order valence-corrected chi connectivity index (χ2v) is 5.95. The Morgan fingerprint density at radius 1 is 1.33 bits per heavy atom. The van der Waals surface area contributed by atoms with E-state index in [1.165, 1.54) is 19.3 Å². The Morgan fingerprint density at radius 3 is 2.83 bits per heavy atom. The number of benzene rings is 1. The predicted octanol–water partition coefficient (Wildman–Crippen LogP) is 3.96. The largest absolute Gasteiger partial charge is 0.506 e. The molecule has 2 nitrogen and oxygen atoms in total. The Kier molecular flexibility index (Phi) is 4.52. The van der Waals surface area contributed by atoms with Gasteiger partial charge in [0.05, 0.1) is 5.02 Å². The highest BCUT2D eigenvalue weighted by Gasteiger charge is 2.26. The third kappa shape index (κ3) is 3.18. The Bertz CT molecular complexity index is 407. The summed E-state index contributed by atoms with van der Waals surface area (Å²) in [5.41, 5.74) is 1.13. The lowest BCUT2D eigenvalue weighted by Crippen LogP contribution is -2.40. The van der Waals surface area contributed by atoms with Gasteiger partial charge in [0.2, 0.25) is 0 Å². The first-order chi connectivity index (χ1) is 8.58. The maximum absolute atomic E-state index is 9.39. The summed E-state index contributed by atoms with van der Waals surface area (Å²) >= 11 is 5.91. The van der Waals surface area contributed by atoms with Crippen LogP contribution in [0.15, 0.2) is 18.2 Å². The van der Waals surface area contributed by atoms with Crippen molar-refractivity contribution in [3.8, 4) is 5.75 Å². The summed E-state index contributed by atoms with van der Waals surface area (Å²) < 4.78 is 0. The van der Waals surface area contributed by atoms with Gasteiger partial charge in [0.15, 0.2) is 0 Å². The fourth-order valence-electron chi connectivity index (χ4n) is 2.78. The SMILES string of the molecule is CC1CCCC(NCc2ccc(O)c(Cl)c2)C1C. The van der Waals surface area contributed by atoms with Gasteiger partial charge in [-0.3, -0.25) is 0 Å². The van der Waals surface area contributed by atoms with Gasteiger partial charge in [-0.1, -0.05) is 44.4 Å². The maximum Gasteiger partial charge on any atom is 0.134 e. The zero-order valence-electron chi connectivity index (χ0n) is 11.1. The van der Waals surface area contributed by atoms with Crippen LogP contribution in [-0.2, 0) is 6.54 Å². The lowest BCUT2D eigenvalue weighted by atomic mass is 9.78. The van der Waals surface area contributed by atoms with Crippen LogP contribution in [0.2, 0.25) is 5.02 Å². The summed E-state index contributed by atoms with van der Waals surface area (Å²) in [7, 11) is 0. The van der Waals surface area contributed by atoms with E-state index in [-0.39, 0.29) is 5.75 Å². The zero-order chi connectivity index (χ0) is 13.1. The molecule has 1 aromatic carbocycles. The van der Waals surface area contributed by atoms with Gasteiger partial charge in [-0.25, -0.2) is 0 Å². The highest BCUT2D eigenvalue weighted by molar-refractivity contribution is 6.32. The monoisotopic (exact) mass is 267 g/mol. The first kappa shape index (κ1) is 13.7. The van der Waals surface area contributed by atoms with Crippen LogP contribution in [0.25, 0.3) is 0 Å². The van der Waals surface area contributed by atoms with Gasteiger partial charge in [-0.15, -0.1) is 0 Å². The van der Waals surface area contributed by atoms with Crippen molar-refractivity contribution in [1.29, 1.82) is 0 Å². The highest BCUT2D eigenvalue weighted by atomic mass is 35.5. The lowest BCUT2D eigenvalue weighted by Gasteiger charge is -2.34. The minimum Gasteiger partial charge on any atom is -0.506 e. The lowest BCUT2D eigenvalue weighted by molar-refractivity contribution is 0.206. The van der Waals surface area contributed by atoms with E-state index in [4.69, 9.17) is 11.6 Å². The molecule has 0 heterocycles. The first-order valence-corrected chi connectivity index (χ1v) is 7.16. The molecule has 0 spiro atoms. The Morgan fingerprint density at radius 2 is 2.11 bits per heavy atom. The Hall–Kier alpha value is -0.730. The van der Waals surface area contributed by atoms with Gasteiger partial charge in [-0.2, -0.15) is 0 Å². The van der Waals surface area contributed by atoms with Gasteiger partial charge in [0.1, 0.15) is 5.75 Å². The fraction of sp³-hybridized carbons (Fsp3) is 0.600. The fourth-order valence-corrected chi connectivity index (χ4v) is 2.98. The van der Waals surface area contributed by atoms with E-state index < -0.39 is 0 Å². The number of halogens is 1. The third-order valence-corrected chi connectivity index (χ3v) is 4.59. The summed E-state index contributed by atoms with van der Waals surface area (Å²) in [4.78, 5) is 0. The molecule has 3 atom stereocenters. The van der Waals surface area contributed by atoms with Crippen molar-refractivity contribution in [3.63, 3.8) is 0 Å². The Balaban J connectivity index is 1.92. The van der Waals surface area contributed by atoms with Crippen LogP contribution in [-0.4, -0.2) is 11.1 Å². The molecule has 1 aromatic rings. The molecule has 1 aliphatic rings. The van der Waals surface area contributed by atoms with Crippen LogP contribution in [0.4, 0.5) is 0 Å². The molecule has 0 saturated heterocycles. The third-order valence-electron chi connectivity index (χ3n) is 4.29. The molecule has 1 saturated carbocycles. The maximum atomic E-state index is 9.39. The summed E-state index contributed by atoms with van der Waals surface area (Å²) in [5, 5.41) is 13.4. The van der Waals surface area contributed by atoms with Crippen molar-refractivity contribution in [2.24, 2.45) is 11.8 Å². The molecule has 0 aromatic heterocycles. The molecule has 0 aliphatic heterocycles. The van der Waals surface area contributed by atoms with E-state index in [0.717, 1.165) is 23.9 Å². The molecule has 0 amide bonds. The summed E-state index contributed by atoms with van der Waals surface area (Å²) in [6.45, 7) is 5.50. The normalized spacial score (nSPS) is 28.3.